The van der Waals surface area contributed by atoms with E-state index in [0.29, 0.717) is 0 Å². The molecule has 0 aliphatic carbocycles. The molecular formula is C5H11Cl2NO3. The highest BCUT2D eigenvalue weighted by atomic mass is 35.5. The zero-order valence-corrected chi connectivity index (χ0v) is 7.54. The fourth-order valence-corrected chi connectivity index (χ4v) is 0.987. The first-order valence-electron chi connectivity index (χ1n) is 2.71. The van der Waals surface area contributed by atoms with Gasteiger partial charge in [0.1, 0.15) is 5.78 Å². The third-order valence-electron chi connectivity index (χ3n) is 0.809. The second kappa shape index (κ2) is 5.74. The van der Waals surface area contributed by atoms with Gasteiger partial charge in [0, 0.05) is 0 Å². The number of carbonyl (C=O) groups excluding carboxylic acids is 1. The lowest BCUT2D eigenvalue weighted by Crippen LogP contribution is -2.36. The zero-order chi connectivity index (χ0) is 8.20. The van der Waals surface area contributed by atoms with E-state index in [1.807, 2.05) is 0 Å². The number of aliphatic hydroxyl groups excluding tert-OH is 1. The number of halogens is 2. The maximum atomic E-state index is 10.4. The molecule has 0 aromatic carbocycles. The summed E-state index contributed by atoms with van der Waals surface area (Å²) in [6.45, 7) is 1.03. The fourth-order valence-electron chi connectivity index (χ4n) is 0.491. The molecule has 0 aromatic heterocycles. The molecule has 0 unspecified atom stereocenters. The van der Waals surface area contributed by atoms with Gasteiger partial charge < -0.3 is 10.6 Å². The maximum Gasteiger partial charge on any atom is 0.177 e. The van der Waals surface area contributed by atoms with Crippen molar-refractivity contribution in [1.82, 2.24) is 5.32 Å². The summed E-state index contributed by atoms with van der Waals surface area (Å²) < 4.78 is -1.33. The summed E-state index contributed by atoms with van der Waals surface area (Å²) in [4.78, 5) is 10.4. The van der Waals surface area contributed by atoms with Gasteiger partial charge >= 0.3 is 0 Å². The summed E-state index contributed by atoms with van der Waals surface area (Å²) >= 11 is 11.0. The van der Waals surface area contributed by atoms with Gasteiger partial charge in [0.05, 0.1) is 13.2 Å². The summed E-state index contributed by atoms with van der Waals surface area (Å²) in [5.41, 5.74) is 0. The predicted molar refractivity (Wildman–Crippen MR) is 43.6 cm³/mol. The second-order valence-electron chi connectivity index (χ2n) is 1.92. The lowest BCUT2D eigenvalue weighted by molar-refractivity contribution is -0.117. The highest BCUT2D eigenvalue weighted by molar-refractivity contribution is 6.48. The van der Waals surface area contributed by atoms with Crippen LogP contribution < -0.4 is 5.32 Å². The van der Waals surface area contributed by atoms with Gasteiger partial charge in [0.25, 0.3) is 0 Å². The minimum Gasteiger partial charge on any atom is -0.412 e. The Morgan fingerprint density at radius 1 is 1.64 bits per heavy atom. The van der Waals surface area contributed by atoms with E-state index in [9.17, 15) is 4.79 Å². The van der Waals surface area contributed by atoms with E-state index in [4.69, 9.17) is 28.3 Å². The van der Waals surface area contributed by atoms with Gasteiger partial charge in [-0.05, 0) is 6.92 Å². The van der Waals surface area contributed by atoms with E-state index in [-0.39, 0.29) is 24.4 Å². The van der Waals surface area contributed by atoms with Crippen molar-refractivity contribution < 1.29 is 15.4 Å². The molecule has 0 spiro atoms. The fraction of sp³-hybridized carbons (Fsp3) is 0.800. The van der Waals surface area contributed by atoms with Gasteiger partial charge in [-0.15, -0.1) is 0 Å². The Bertz CT molecular complexity index is 129. The minimum atomic E-state index is -1.33. The molecule has 0 saturated carbocycles. The summed E-state index contributed by atoms with van der Waals surface area (Å²) in [6, 6.07) is 0. The first-order valence-corrected chi connectivity index (χ1v) is 3.46. The Morgan fingerprint density at radius 3 is 2.36 bits per heavy atom. The van der Waals surface area contributed by atoms with Crippen molar-refractivity contribution in [2.75, 3.05) is 6.73 Å². The van der Waals surface area contributed by atoms with E-state index in [2.05, 4.69) is 5.32 Å². The van der Waals surface area contributed by atoms with Crippen molar-refractivity contribution in [3.05, 3.63) is 0 Å². The molecule has 0 aliphatic heterocycles. The molecule has 0 bridgehead atoms. The molecule has 6 heteroatoms. The van der Waals surface area contributed by atoms with Crippen LogP contribution in [0.1, 0.15) is 13.3 Å². The Labute approximate surface area is 74.8 Å². The predicted octanol–water partition coefficient (Wildman–Crippen LogP) is -0.188. The normalized spacial score (nSPS) is 10.5. The number of ketones is 1. The quantitative estimate of drug-likeness (QED) is 0.378. The number of rotatable bonds is 4. The van der Waals surface area contributed by atoms with Crippen LogP contribution >= 0.6 is 23.2 Å². The summed E-state index contributed by atoms with van der Waals surface area (Å²) in [5, 5.41) is 10.6. The van der Waals surface area contributed by atoms with Crippen molar-refractivity contribution in [3.63, 3.8) is 0 Å². The third-order valence-corrected chi connectivity index (χ3v) is 1.34. The lowest BCUT2D eigenvalue weighted by atomic mass is 10.3. The highest BCUT2D eigenvalue weighted by Crippen LogP contribution is 2.21. The van der Waals surface area contributed by atoms with E-state index in [0.717, 1.165) is 0 Å². The average Bonchev–Trinajstić information content (AvgIpc) is 1.59. The van der Waals surface area contributed by atoms with Gasteiger partial charge in [0.15, 0.2) is 4.46 Å². The molecule has 0 rings (SSSR count). The van der Waals surface area contributed by atoms with Crippen LogP contribution in [0.3, 0.4) is 0 Å². The average molecular weight is 204 g/mol. The van der Waals surface area contributed by atoms with E-state index >= 15 is 0 Å². The molecule has 4 N–H and O–H groups in total. The zero-order valence-electron chi connectivity index (χ0n) is 6.03. The Kier molecular flexibility index (Phi) is 7.15. The Hall–Kier alpha value is 0.130. The molecule has 0 saturated heterocycles. The topological polar surface area (TPSA) is 80.8 Å². The van der Waals surface area contributed by atoms with Gasteiger partial charge in [-0.2, -0.15) is 0 Å². The molecule has 0 atom stereocenters. The van der Waals surface area contributed by atoms with Crippen LogP contribution in [0.25, 0.3) is 0 Å². The van der Waals surface area contributed by atoms with Crippen molar-refractivity contribution in [3.8, 4) is 0 Å². The number of hydrogen-bond acceptors (Lipinski definition) is 3. The van der Waals surface area contributed by atoms with Crippen LogP contribution in [-0.2, 0) is 4.79 Å². The van der Waals surface area contributed by atoms with E-state index in [1.54, 1.807) is 0 Å². The monoisotopic (exact) mass is 203 g/mol. The number of Topliss-reactive ketones (excluding diaryl/α,β-unsaturated/α-hetero) is 1. The molecule has 0 fully saturated rings. The first kappa shape index (κ1) is 13.7. The van der Waals surface area contributed by atoms with E-state index in [1.165, 1.54) is 6.92 Å². The van der Waals surface area contributed by atoms with Crippen LogP contribution in [0.5, 0.6) is 0 Å². The molecule has 0 aromatic rings. The van der Waals surface area contributed by atoms with Gasteiger partial charge in [0.2, 0.25) is 0 Å². The Morgan fingerprint density at radius 2 is 2.09 bits per heavy atom. The molecule has 68 valence electrons. The maximum absolute atomic E-state index is 10.4. The van der Waals surface area contributed by atoms with Crippen molar-refractivity contribution in [2.45, 2.75) is 17.8 Å². The summed E-state index contributed by atoms with van der Waals surface area (Å²) in [5.74, 6) is -0.133. The largest absolute Gasteiger partial charge is 0.412 e. The molecule has 0 amide bonds. The number of hydrogen-bond donors (Lipinski definition) is 2. The molecular weight excluding hydrogens is 193 g/mol. The van der Waals surface area contributed by atoms with Crippen LogP contribution in [0.4, 0.5) is 0 Å². The van der Waals surface area contributed by atoms with Gasteiger partial charge in [-0.3, -0.25) is 10.1 Å². The SMILES string of the molecule is CC(=O)CC(Cl)(Cl)NCO.O. The number of nitrogens with one attached hydrogen (secondary N) is 1. The smallest absolute Gasteiger partial charge is 0.177 e. The number of carbonyl (C=O) groups is 1. The van der Waals surface area contributed by atoms with Crippen LogP contribution in [0, 0.1) is 0 Å². The van der Waals surface area contributed by atoms with Crippen LogP contribution in [-0.4, -0.2) is 27.6 Å². The molecule has 0 radical (unpaired) electrons. The second-order valence-corrected chi connectivity index (χ2v) is 3.40. The standard InChI is InChI=1S/C5H9Cl2NO2.H2O/c1-4(10)2-5(6,7)8-3-9;/h8-9H,2-3H2,1H3;1H2. The highest BCUT2D eigenvalue weighted by Gasteiger charge is 2.24. The molecule has 0 aliphatic rings. The van der Waals surface area contributed by atoms with Gasteiger partial charge in [-0.25, -0.2) is 0 Å². The molecule has 4 nitrogen and oxygen atoms in total. The third kappa shape index (κ3) is 8.03. The first-order chi connectivity index (χ1) is 4.48. The molecule has 0 heterocycles. The van der Waals surface area contributed by atoms with Gasteiger partial charge in [-0.1, -0.05) is 23.2 Å². The van der Waals surface area contributed by atoms with Crippen molar-refractivity contribution >= 4 is 29.0 Å². The number of alkyl halides is 2. The van der Waals surface area contributed by atoms with Crippen LogP contribution in [0.2, 0.25) is 0 Å². The van der Waals surface area contributed by atoms with Crippen molar-refractivity contribution in [1.29, 1.82) is 0 Å². The number of aliphatic hydroxyl groups is 1. The lowest BCUT2D eigenvalue weighted by Gasteiger charge is -2.17. The molecule has 11 heavy (non-hydrogen) atoms. The summed E-state index contributed by atoms with van der Waals surface area (Å²) in [6.07, 6.45) is -0.0172. The Balaban J connectivity index is 0. The summed E-state index contributed by atoms with van der Waals surface area (Å²) in [7, 11) is 0. The minimum absolute atomic E-state index is 0. The van der Waals surface area contributed by atoms with E-state index < -0.39 is 4.46 Å². The van der Waals surface area contributed by atoms with Crippen LogP contribution in [0.15, 0.2) is 0 Å². The van der Waals surface area contributed by atoms with Crippen molar-refractivity contribution in [2.24, 2.45) is 0 Å².